The van der Waals surface area contributed by atoms with Gasteiger partial charge in [0.05, 0.1) is 0 Å². The van der Waals surface area contributed by atoms with Gasteiger partial charge in [-0.25, -0.2) is 4.79 Å². The normalized spacial score (nSPS) is 35.5. The lowest BCUT2D eigenvalue weighted by Crippen LogP contribution is -2.50. The molecule has 3 aliphatic rings. The molecule has 0 radical (unpaired) electrons. The van der Waals surface area contributed by atoms with Gasteiger partial charge in [0.1, 0.15) is 5.54 Å². The summed E-state index contributed by atoms with van der Waals surface area (Å²) in [4.78, 5) is 26.8. The van der Waals surface area contributed by atoms with E-state index >= 15 is 0 Å². The highest BCUT2D eigenvalue weighted by atomic mass is 79.9. The number of alkyl halides is 1. The van der Waals surface area contributed by atoms with E-state index in [1.165, 1.54) is 17.7 Å². The number of halogens is 1. The van der Waals surface area contributed by atoms with Crippen molar-refractivity contribution in [1.82, 2.24) is 10.2 Å². The van der Waals surface area contributed by atoms with Crippen molar-refractivity contribution in [2.75, 3.05) is 11.9 Å². The summed E-state index contributed by atoms with van der Waals surface area (Å²) >= 11 is 3.61. The van der Waals surface area contributed by atoms with Crippen LogP contribution in [0.2, 0.25) is 0 Å². The van der Waals surface area contributed by atoms with Gasteiger partial charge in [-0.1, -0.05) is 35.7 Å². The van der Waals surface area contributed by atoms with Crippen LogP contribution in [-0.2, 0) is 4.79 Å². The summed E-state index contributed by atoms with van der Waals surface area (Å²) in [5, 5.41) is 3.90. The molecule has 1 heterocycles. The van der Waals surface area contributed by atoms with Crippen LogP contribution in [0.4, 0.5) is 4.79 Å². The van der Waals surface area contributed by atoms with Crippen LogP contribution < -0.4 is 5.32 Å². The summed E-state index contributed by atoms with van der Waals surface area (Å²) in [6, 6.07) is -0.165. The molecule has 0 atom stereocenters. The molecule has 1 N–H and O–H groups in total. The van der Waals surface area contributed by atoms with Crippen molar-refractivity contribution in [2.45, 2.75) is 63.8 Å². The number of imide groups is 1. The molecule has 5 heteroatoms. The molecule has 0 aromatic carbocycles. The smallest absolute Gasteiger partial charge is 0.323 e. The van der Waals surface area contributed by atoms with E-state index in [4.69, 9.17) is 0 Å². The van der Waals surface area contributed by atoms with Crippen molar-refractivity contribution in [1.29, 1.82) is 0 Å². The molecule has 2 aliphatic carbocycles. The van der Waals surface area contributed by atoms with E-state index in [2.05, 4.69) is 28.2 Å². The van der Waals surface area contributed by atoms with E-state index < -0.39 is 5.54 Å². The van der Waals surface area contributed by atoms with Crippen molar-refractivity contribution < 1.29 is 9.59 Å². The van der Waals surface area contributed by atoms with Crippen molar-refractivity contribution in [3.63, 3.8) is 0 Å². The molecular formula is C16H25BrN2O2. The fraction of sp³-hybridized carbons (Fsp3) is 0.875. The van der Waals surface area contributed by atoms with Gasteiger partial charge >= 0.3 is 6.03 Å². The Morgan fingerprint density at radius 1 is 1.19 bits per heavy atom. The third kappa shape index (κ3) is 2.62. The first-order chi connectivity index (χ1) is 10.0. The van der Waals surface area contributed by atoms with Crippen molar-refractivity contribution in [3.8, 4) is 0 Å². The largest absolute Gasteiger partial charge is 0.325 e. The molecular weight excluding hydrogens is 332 g/mol. The van der Waals surface area contributed by atoms with E-state index in [-0.39, 0.29) is 17.4 Å². The number of carbonyl (C=O) groups excluding carboxylic acids is 2. The Bertz CT molecular complexity index is 438. The van der Waals surface area contributed by atoms with Crippen molar-refractivity contribution in [3.05, 3.63) is 0 Å². The van der Waals surface area contributed by atoms with Crippen LogP contribution in [0.1, 0.15) is 58.3 Å². The average Bonchev–Trinajstić information content (AvgIpc) is 3.03. The van der Waals surface area contributed by atoms with E-state index in [9.17, 15) is 9.59 Å². The average molecular weight is 357 g/mol. The standard InChI is InChI=1S/C16H25BrN2O2/c1-12-4-8-16(9-5-12)13(20)19(14(21)18-16)11-15(10-17)6-2-3-7-15/h12H,2-11H2,1H3,(H,18,21). The molecule has 1 aliphatic heterocycles. The number of nitrogens with one attached hydrogen (secondary N) is 1. The van der Waals surface area contributed by atoms with Crippen LogP contribution in [0.5, 0.6) is 0 Å². The minimum Gasteiger partial charge on any atom is -0.323 e. The van der Waals surface area contributed by atoms with Crippen LogP contribution in [0.3, 0.4) is 0 Å². The van der Waals surface area contributed by atoms with Crippen LogP contribution in [0.15, 0.2) is 0 Å². The molecule has 0 unspecified atom stereocenters. The number of carbonyl (C=O) groups is 2. The van der Waals surface area contributed by atoms with E-state index in [0.29, 0.717) is 12.5 Å². The lowest BCUT2D eigenvalue weighted by Gasteiger charge is -2.34. The molecule has 1 spiro atoms. The molecule has 3 fully saturated rings. The van der Waals surface area contributed by atoms with E-state index in [1.807, 2.05) is 0 Å². The van der Waals surface area contributed by atoms with Gasteiger partial charge in [-0.2, -0.15) is 0 Å². The molecule has 4 nitrogen and oxygen atoms in total. The van der Waals surface area contributed by atoms with Crippen molar-refractivity contribution in [2.24, 2.45) is 11.3 Å². The second-order valence-electron chi connectivity index (χ2n) is 7.43. The highest BCUT2D eigenvalue weighted by molar-refractivity contribution is 9.09. The van der Waals surface area contributed by atoms with Gasteiger partial charge < -0.3 is 5.32 Å². The Balaban J connectivity index is 1.75. The van der Waals surface area contributed by atoms with Gasteiger partial charge in [0.25, 0.3) is 5.91 Å². The molecule has 2 saturated carbocycles. The van der Waals surface area contributed by atoms with Gasteiger partial charge in [-0.05, 0) is 49.9 Å². The third-order valence-corrected chi connectivity index (χ3v) is 7.00. The van der Waals surface area contributed by atoms with Gasteiger partial charge in [0.15, 0.2) is 0 Å². The Hall–Kier alpha value is -0.580. The fourth-order valence-electron chi connectivity index (χ4n) is 4.21. The Morgan fingerprint density at radius 3 is 2.38 bits per heavy atom. The zero-order valence-corrected chi connectivity index (χ0v) is 14.4. The second kappa shape index (κ2) is 5.56. The molecule has 21 heavy (non-hydrogen) atoms. The van der Waals surface area contributed by atoms with Crippen LogP contribution in [-0.4, -0.2) is 34.3 Å². The Labute approximate surface area is 135 Å². The first-order valence-corrected chi connectivity index (χ1v) is 9.33. The first-order valence-electron chi connectivity index (χ1n) is 8.20. The lowest BCUT2D eigenvalue weighted by atomic mass is 9.77. The number of rotatable bonds is 3. The molecule has 0 aromatic rings. The van der Waals surface area contributed by atoms with Gasteiger partial charge in [0, 0.05) is 11.9 Å². The summed E-state index contributed by atoms with van der Waals surface area (Å²) < 4.78 is 0. The topological polar surface area (TPSA) is 49.4 Å². The van der Waals surface area contributed by atoms with Gasteiger partial charge in [0.2, 0.25) is 0 Å². The maximum absolute atomic E-state index is 12.9. The third-order valence-electron chi connectivity index (χ3n) is 5.81. The zero-order chi connectivity index (χ0) is 15.1. The summed E-state index contributed by atoms with van der Waals surface area (Å²) in [5.74, 6) is 0.699. The maximum atomic E-state index is 12.9. The summed E-state index contributed by atoms with van der Waals surface area (Å²) in [6.07, 6.45) is 8.30. The number of hydrogen-bond donors (Lipinski definition) is 1. The molecule has 3 amide bonds. The fourth-order valence-corrected chi connectivity index (χ4v) is 4.95. The SMILES string of the molecule is CC1CCC2(CC1)NC(=O)N(CC1(CBr)CCCC1)C2=O. The number of hydrogen-bond acceptors (Lipinski definition) is 2. The molecule has 0 bridgehead atoms. The monoisotopic (exact) mass is 356 g/mol. The number of urea groups is 1. The molecule has 118 valence electrons. The summed E-state index contributed by atoms with van der Waals surface area (Å²) in [6.45, 7) is 2.81. The first kappa shape index (κ1) is 15.3. The van der Waals surface area contributed by atoms with Crippen LogP contribution in [0.25, 0.3) is 0 Å². The highest BCUT2D eigenvalue weighted by Crippen LogP contribution is 2.43. The molecule has 0 aromatic heterocycles. The highest BCUT2D eigenvalue weighted by Gasteiger charge is 2.53. The van der Waals surface area contributed by atoms with Gasteiger partial charge in [-0.3, -0.25) is 9.69 Å². The van der Waals surface area contributed by atoms with Crippen LogP contribution >= 0.6 is 15.9 Å². The second-order valence-corrected chi connectivity index (χ2v) is 7.99. The Kier molecular flexibility index (Phi) is 4.06. The zero-order valence-electron chi connectivity index (χ0n) is 12.8. The number of nitrogens with zero attached hydrogens (tertiary/aromatic N) is 1. The van der Waals surface area contributed by atoms with Gasteiger partial charge in [-0.15, -0.1) is 0 Å². The minimum atomic E-state index is -0.588. The molecule has 3 rings (SSSR count). The van der Waals surface area contributed by atoms with E-state index in [1.54, 1.807) is 0 Å². The predicted octanol–water partition coefficient (Wildman–Crippen LogP) is 3.44. The maximum Gasteiger partial charge on any atom is 0.325 e. The quantitative estimate of drug-likeness (QED) is 0.621. The number of amides is 3. The summed E-state index contributed by atoms with van der Waals surface area (Å²) in [5.41, 5.74) is -0.490. The predicted molar refractivity (Wildman–Crippen MR) is 85.3 cm³/mol. The van der Waals surface area contributed by atoms with E-state index in [0.717, 1.165) is 43.9 Å². The van der Waals surface area contributed by atoms with Crippen molar-refractivity contribution >= 4 is 27.9 Å². The summed E-state index contributed by atoms with van der Waals surface area (Å²) in [7, 11) is 0. The van der Waals surface area contributed by atoms with Crippen LogP contribution in [0, 0.1) is 11.3 Å². The Morgan fingerprint density at radius 2 is 1.81 bits per heavy atom. The minimum absolute atomic E-state index is 0.0339. The molecule has 1 saturated heterocycles. The lowest BCUT2D eigenvalue weighted by molar-refractivity contribution is -0.133.